The van der Waals surface area contributed by atoms with E-state index in [2.05, 4.69) is 15.9 Å². The maximum atomic E-state index is 13.5. The number of rotatable bonds is 4. The average Bonchev–Trinajstić information content (AvgIpc) is 3.28. The first-order valence-corrected chi connectivity index (χ1v) is 10.6. The number of anilines is 1. The number of ether oxygens (including phenoxy) is 2. The van der Waals surface area contributed by atoms with Gasteiger partial charge in [-0.1, -0.05) is 48.2 Å². The van der Waals surface area contributed by atoms with Gasteiger partial charge in [-0.05, 0) is 34.5 Å². The molecule has 1 spiro atoms. The number of thioether (sulfide) groups is 1. The van der Waals surface area contributed by atoms with Gasteiger partial charge in [0.25, 0.3) is 5.91 Å². The Bertz CT molecular complexity index is 1000. The van der Waals surface area contributed by atoms with Gasteiger partial charge in [-0.15, -0.1) is 0 Å². The minimum absolute atomic E-state index is 0.0427. The van der Waals surface area contributed by atoms with Crippen molar-refractivity contribution in [2.24, 2.45) is 0 Å². The highest BCUT2D eigenvalue weighted by Gasteiger charge is 2.54. The van der Waals surface area contributed by atoms with Crippen LogP contribution in [0.1, 0.15) is 18.1 Å². The third-order valence-corrected chi connectivity index (χ3v) is 7.58. The van der Waals surface area contributed by atoms with Crippen LogP contribution in [-0.2, 0) is 9.54 Å². The maximum Gasteiger partial charge on any atom is 0.252 e. The van der Waals surface area contributed by atoms with Crippen LogP contribution in [0.4, 0.5) is 5.69 Å². The monoisotopic (exact) mass is 457 g/mol. The predicted molar refractivity (Wildman–Crippen MR) is 118 cm³/mol. The van der Waals surface area contributed by atoms with Gasteiger partial charge in [0.05, 0.1) is 19.9 Å². The molecule has 144 valence electrons. The van der Waals surface area contributed by atoms with Crippen molar-refractivity contribution in [1.82, 2.24) is 0 Å². The van der Waals surface area contributed by atoms with Crippen LogP contribution >= 0.6 is 27.7 Å². The fourth-order valence-electron chi connectivity index (χ4n) is 3.70. The Kier molecular flexibility index (Phi) is 5.02. The smallest absolute Gasteiger partial charge is 0.252 e. The lowest BCUT2D eigenvalue weighted by Gasteiger charge is -2.22. The summed E-state index contributed by atoms with van der Waals surface area (Å²) in [7, 11) is 3.24. The van der Waals surface area contributed by atoms with Gasteiger partial charge in [-0.25, -0.2) is 0 Å². The maximum absolute atomic E-state index is 13.5. The van der Waals surface area contributed by atoms with Crippen LogP contribution in [0, 0.1) is 0 Å². The molecule has 4 nitrogen and oxygen atoms in total. The van der Waals surface area contributed by atoms with Gasteiger partial charge in [0.2, 0.25) is 0 Å². The molecule has 1 unspecified atom stereocenters. The van der Waals surface area contributed by atoms with E-state index < -0.39 is 4.75 Å². The van der Waals surface area contributed by atoms with Crippen molar-refractivity contribution in [3.05, 3.63) is 70.6 Å². The molecule has 0 bridgehead atoms. The van der Waals surface area contributed by atoms with E-state index in [-0.39, 0.29) is 5.91 Å². The average molecular weight is 458 g/mol. The summed E-state index contributed by atoms with van der Waals surface area (Å²) >= 11 is 5.27. The SMILES string of the molecule is CCN1C(=O)C2(C=C/C(=C(/Br)c3ccccc3)S2)c2c(OC)cc(OC)cc21. The van der Waals surface area contributed by atoms with Gasteiger partial charge in [-0.2, -0.15) is 0 Å². The molecule has 2 aromatic rings. The fraction of sp³-hybridized carbons (Fsp3) is 0.227. The standard InChI is InChI=1S/C22H20BrNO3S/c1-4-24-16-12-15(26-2)13-17(27-3)19(16)22(21(24)25)11-10-18(28-22)20(23)14-8-6-5-7-9-14/h5-13H,4H2,1-3H3/b20-18-. The molecule has 28 heavy (non-hydrogen) atoms. The molecule has 2 aliphatic heterocycles. The van der Waals surface area contributed by atoms with Crippen LogP contribution < -0.4 is 14.4 Å². The molecule has 0 fully saturated rings. The molecule has 2 aromatic carbocycles. The van der Waals surface area contributed by atoms with Gasteiger partial charge in [0.1, 0.15) is 16.2 Å². The van der Waals surface area contributed by atoms with E-state index in [0.29, 0.717) is 18.0 Å². The third-order valence-electron chi connectivity index (χ3n) is 5.04. The van der Waals surface area contributed by atoms with E-state index in [0.717, 1.165) is 26.2 Å². The van der Waals surface area contributed by atoms with Crippen LogP contribution in [0.5, 0.6) is 11.5 Å². The number of carbonyl (C=O) groups excluding carboxylic acids is 1. The molecule has 2 heterocycles. The van der Waals surface area contributed by atoms with E-state index in [1.54, 1.807) is 30.9 Å². The summed E-state index contributed by atoms with van der Waals surface area (Å²) in [5.41, 5.74) is 2.80. The summed E-state index contributed by atoms with van der Waals surface area (Å²) in [6, 6.07) is 13.8. The second-order valence-corrected chi connectivity index (χ2v) is 8.57. The number of likely N-dealkylation sites (N-methyl/N-ethyl adjacent to an activating group) is 1. The lowest BCUT2D eigenvalue weighted by Crippen LogP contribution is -2.35. The molecule has 0 N–H and O–H groups in total. The van der Waals surface area contributed by atoms with Gasteiger partial charge in [-0.3, -0.25) is 4.79 Å². The first-order valence-electron chi connectivity index (χ1n) is 8.97. The molecular formula is C22H20BrNO3S. The minimum atomic E-state index is -0.827. The van der Waals surface area contributed by atoms with Crippen LogP contribution in [-0.4, -0.2) is 26.7 Å². The Labute approximate surface area is 177 Å². The van der Waals surface area contributed by atoms with E-state index in [1.807, 2.05) is 61.5 Å². The number of hydrogen-bond acceptors (Lipinski definition) is 4. The summed E-state index contributed by atoms with van der Waals surface area (Å²) in [5.74, 6) is 1.38. The molecule has 4 rings (SSSR count). The second kappa shape index (κ2) is 7.33. The number of methoxy groups -OCH3 is 2. The highest BCUT2D eigenvalue weighted by molar-refractivity contribution is 9.15. The first-order chi connectivity index (χ1) is 13.6. The molecule has 2 aliphatic rings. The zero-order valence-electron chi connectivity index (χ0n) is 15.9. The summed E-state index contributed by atoms with van der Waals surface area (Å²) in [6.07, 6.45) is 4.01. The molecule has 1 amide bonds. The lowest BCUT2D eigenvalue weighted by atomic mass is 9.97. The predicted octanol–water partition coefficient (Wildman–Crippen LogP) is 5.33. The summed E-state index contributed by atoms with van der Waals surface area (Å²) in [5, 5.41) is 0. The minimum Gasteiger partial charge on any atom is -0.497 e. The van der Waals surface area contributed by atoms with Crippen LogP contribution in [0.25, 0.3) is 4.48 Å². The second-order valence-electron chi connectivity index (χ2n) is 6.49. The molecule has 0 aromatic heterocycles. The van der Waals surface area contributed by atoms with Crippen molar-refractivity contribution >= 4 is 43.8 Å². The highest BCUT2D eigenvalue weighted by Crippen LogP contribution is 2.60. The number of halogens is 1. The topological polar surface area (TPSA) is 38.8 Å². The quantitative estimate of drug-likeness (QED) is 0.621. The van der Waals surface area contributed by atoms with E-state index in [1.165, 1.54) is 0 Å². The van der Waals surface area contributed by atoms with Crippen molar-refractivity contribution < 1.29 is 14.3 Å². The zero-order chi connectivity index (χ0) is 19.9. The molecule has 0 aliphatic carbocycles. The number of hydrogen-bond donors (Lipinski definition) is 0. The Balaban J connectivity index is 1.87. The number of benzene rings is 2. The third kappa shape index (κ3) is 2.78. The number of fused-ring (bicyclic) bond motifs is 2. The van der Waals surface area contributed by atoms with Crippen LogP contribution in [0.2, 0.25) is 0 Å². The van der Waals surface area contributed by atoms with Crippen molar-refractivity contribution in [3.8, 4) is 11.5 Å². The van der Waals surface area contributed by atoms with Crippen molar-refractivity contribution in [2.75, 3.05) is 25.7 Å². The van der Waals surface area contributed by atoms with Gasteiger partial charge < -0.3 is 14.4 Å². The number of allylic oxidation sites excluding steroid dienone is 1. The normalized spacial score (nSPS) is 22.0. The van der Waals surface area contributed by atoms with Crippen molar-refractivity contribution in [2.45, 2.75) is 11.7 Å². The van der Waals surface area contributed by atoms with E-state index in [4.69, 9.17) is 9.47 Å². The van der Waals surface area contributed by atoms with Gasteiger partial charge in [0.15, 0.2) is 0 Å². The number of carbonyl (C=O) groups is 1. The molecule has 1 atom stereocenters. The molecular weight excluding hydrogens is 438 g/mol. The van der Waals surface area contributed by atoms with Crippen LogP contribution in [0.15, 0.2) is 59.5 Å². The Hall–Kier alpha value is -2.18. The molecule has 0 radical (unpaired) electrons. The number of amides is 1. The van der Waals surface area contributed by atoms with E-state index in [9.17, 15) is 4.79 Å². The fourth-order valence-corrected chi connectivity index (χ4v) is 5.67. The van der Waals surface area contributed by atoms with Gasteiger partial charge in [0, 0.05) is 33.6 Å². The Morgan fingerprint density at radius 1 is 1.18 bits per heavy atom. The highest BCUT2D eigenvalue weighted by atomic mass is 79.9. The molecule has 0 saturated heterocycles. The lowest BCUT2D eigenvalue weighted by molar-refractivity contribution is -0.119. The molecule has 0 saturated carbocycles. The largest absolute Gasteiger partial charge is 0.497 e. The first kappa shape index (κ1) is 19.2. The molecule has 6 heteroatoms. The van der Waals surface area contributed by atoms with Crippen LogP contribution in [0.3, 0.4) is 0 Å². The van der Waals surface area contributed by atoms with Gasteiger partial charge >= 0.3 is 0 Å². The summed E-state index contributed by atoms with van der Waals surface area (Å²) in [6.45, 7) is 2.56. The Morgan fingerprint density at radius 3 is 2.57 bits per heavy atom. The Morgan fingerprint density at radius 2 is 1.93 bits per heavy atom. The summed E-state index contributed by atoms with van der Waals surface area (Å²) in [4.78, 5) is 16.3. The van der Waals surface area contributed by atoms with Crippen molar-refractivity contribution in [3.63, 3.8) is 0 Å². The van der Waals surface area contributed by atoms with E-state index >= 15 is 0 Å². The summed E-state index contributed by atoms with van der Waals surface area (Å²) < 4.78 is 11.2. The zero-order valence-corrected chi connectivity index (χ0v) is 18.3. The number of nitrogens with zero attached hydrogens (tertiary/aromatic N) is 1. The van der Waals surface area contributed by atoms with Crippen molar-refractivity contribution in [1.29, 1.82) is 0 Å².